The molecule has 12 heavy (non-hydrogen) atoms. The zero-order chi connectivity index (χ0) is 9.14. The molecule has 0 amide bonds. The van der Waals surface area contributed by atoms with Crippen LogP contribution in [-0.2, 0) is 0 Å². The monoisotopic (exact) mass is 182 g/mol. The van der Waals surface area contributed by atoms with Gasteiger partial charge in [-0.15, -0.1) is 0 Å². The fraction of sp³-hybridized carbons (Fsp3) is 0.222. The Balaban J connectivity index is 3.03. The summed E-state index contributed by atoms with van der Waals surface area (Å²) in [6.45, 7) is 0. The van der Waals surface area contributed by atoms with Crippen molar-refractivity contribution in [2.45, 2.75) is 0 Å². The van der Waals surface area contributed by atoms with Crippen LogP contribution in [0.1, 0.15) is 5.56 Å². The fourth-order valence-electron chi connectivity index (χ4n) is 0.894. The van der Waals surface area contributed by atoms with Gasteiger partial charge in [-0.25, -0.2) is 0 Å². The van der Waals surface area contributed by atoms with Crippen LogP contribution in [0.3, 0.4) is 0 Å². The molecule has 0 atom stereocenters. The van der Waals surface area contributed by atoms with Gasteiger partial charge in [0.25, 0.3) is 0 Å². The highest BCUT2D eigenvalue weighted by Gasteiger charge is 2.06. The fourth-order valence-corrected chi connectivity index (χ4v) is 1.12. The second-order valence-electron chi connectivity index (χ2n) is 2.72. The lowest BCUT2D eigenvalue weighted by atomic mass is 10.2. The summed E-state index contributed by atoms with van der Waals surface area (Å²) in [6.07, 6.45) is 0. The topological polar surface area (TPSA) is 27.1 Å². The Hall–Kier alpha value is -1.02. The Morgan fingerprint density at radius 1 is 1.33 bits per heavy atom. The zero-order valence-electron chi connectivity index (χ0n) is 7.13. The van der Waals surface area contributed by atoms with Gasteiger partial charge >= 0.3 is 0 Å². The highest BCUT2D eigenvalue weighted by atomic mass is 35.5. The average Bonchev–Trinajstić information content (AvgIpc) is 2.04. The molecule has 1 aromatic carbocycles. The van der Waals surface area contributed by atoms with E-state index in [1.807, 2.05) is 32.3 Å². The maximum absolute atomic E-state index is 7.67. The first-order valence-corrected chi connectivity index (χ1v) is 4.01. The van der Waals surface area contributed by atoms with Gasteiger partial charge in [-0.2, -0.15) is 0 Å². The van der Waals surface area contributed by atoms with E-state index in [0.29, 0.717) is 10.9 Å². The van der Waals surface area contributed by atoms with Crippen LogP contribution in [0.15, 0.2) is 24.3 Å². The van der Waals surface area contributed by atoms with Crippen molar-refractivity contribution in [2.24, 2.45) is 0 Å². The van der Waals surface area contributed by atoms with E-state index >= 15 is 0 Å². The highest BCUT2D eigenvalue weighted by Crippen LogP contribution is 2.15. The maximum atomic E-state index is 7.67. The molecule has 2 nitrogen and oxygen atoms in total. The standard InChI is InChI=1S/C9H11ClN2/c1-12(2)9(11)7-5-3-4-6-8(7)10/h3-6,11H,1-2H3. The SMILES string of the molecule is CN(C)C(=N)c1ccccc1Cl. The van der Waals surface area contributed by atoms with E-state index < -0.39 is 0 Å². The zero-order valence-corrected chi connectivity index (χ0v) is 7.89. The summed E-state index contributed by atoms with van der Waals surface area (Å²) in [4.78, 5) is 1.72. The number of benzene rings is 1. The number of nitrogens with one attached hydrogen (secondary N) is 1. The molecule has 0 unspecified atom stereocenters. The molecule has 0 heterocycles. The summed E-state index contributed by atoms with van der Waals surface area (Å²) in [6, 6.07) is 7.35. The molecule has 0 saturated heterocycles. The van der Waals surface area contributed by atoms with E-state index in [9.17, 15) is 0 Å². The molecule has 0 fully saturated rings. The smallest absolute Gasteiger partial charge is 0.129 e. The number of amidine groups is 1. The number of hydrogen-bond acceptors (Lipinski definition) is 1. The third-order valence-electron chi connectivity index (χ3n) is 1.58. The second-order valence-corrected chi connectivity index (χ2v) is 3.13. The van der Waals surface area contributed by atoms with Crippen molar-refractivity contribution >= 4 is 17.4 Å². The molecule has 0 bridgehead atoms. The van der Waals surface area contributed by atoms with Crippen molar-refractivity contribution in [3.05, 3.63) is 34.9 Å². The summed E-state index contributed by atoms with van der Waals surface area (Å²) in [5.74, 6) is 0.431. The van der Waals surface area contributed by atoms with E-state index in [4.69, 9.17) is 17.0 Å². The summed E-state index contributed by atoms with van der Waals surface area (Å²) in [5.41, 5.74) is 0.768. The first-order chi connectivity index (χ1) is 5.63. The van der Waals surface area contributed by atoms with Crippen LogP contribution in [0.4, 0.5) is 0 Å². The van der Waals surface area contributed by atoms with Gasteiger partial charge in [-0.3, -0.25) is 5.41 Å². The van der Waals surface area contributed by atoms with Gasteiger partial charge in [0.05, 0.1) is 5.02 Å². The molecular formula is C9H11ClN2. The Labute approximate surface area is 77.3 Å². The van der Waals surface area contributed by atoms with Crippen molar-refractivity contribution in [1.82, 2.24) is 4.90 Å². The molecule has 0 spiro atoms. The van der Waals surface area contributed by atoms with Crippen LogP contribution in [0.2, 0.25) is 5.02 Å². The Kier molecular flexibility index (Phi) is 2.71. The van der Waals surface area contributed by atoms with Crippen LogP contribution in [-0.4, -0.2) is 24.8 Å². The minimum atomic E-state index is 0.431. The van der Waals surface area contributed by atoms with E-state index in [1.165, 1.54) is 0 Å². The molecule has 1 N–H and O–H groups in total. The Morgan fingerprint density at radius 3 is 2.42 bits per heavy atom. The molecule has 0 aliphatic rings. The molecule has 0 aliphatic heterocycles. The molecule has 64 valence electrons. The normalized spacial score (nSPS) is 9.58. The largest absolute Gasteiger partial charge is 0.363 e. The van der Waals surface area contributed by atoms with Gasteiger partial charge in [-0.05, 0) is 12.1 Å². The lowest BCUT2D eigenvalue weighted by molar-refractivity contribution is 0.619. The minimum Gasteiger partial charge on any atom is -0.363 e. The van der Waals surface area contributed by atoms with Crippen molar-refractivity contribution in [3.63, 3.8) is 0 Å². The summed E-state index contributed by atoms with van der Waals surface area (Å²) >= 11 is 5.90. The van der Waals surface area contributed by atoms with E-state index in [1.54, 1.807) is 11.0 Å². The van der Waals surface area contributed by atoms with Crippen LogP contribution >= 0.6 is 11.6 Å². The number of nitrogens with zero attached hydrogens (tertiary/aromatic N) is 1. The van der Waals surface area contributed by atoms with Crippen molar-refractivity contribution in [1.29, 1.82) is 5.41 Å². The summed E-state index contributed by atoms with van der Waals surface area (Å²) in [5, 5.41) is 8.29. The number of hydrogen-bond donors (Lipinski definition) is 1. The summed E-state index contributed by atoms with van der Waals surface area (Å²) < 4.78 is 0. The lowest BCUT2D eigenvalue weighted by Crippen LogP contribution is -2.21. The van der Waals surface area contributed by atoms with E-state index in [0.717, 1.165) is 5.56 Å². The summed E-state index contributed by atoms with van der Waals surface area (Å²) in [7, 11) is 3.65. The average molecular weight is 183 g/mol. The van der Waals surface area contributed by atoms with E-state index in [2.05, 4.69) is 0 Å². The quantitative estimate of drug-likeness (QED) is 0.524. The molecule has 0 aromatic heterocycles. The predicted molar refractivity (Wildman–Crippen MR) is 52.0 cm³/mol. The highest BCUT2D eigenvalue weighted by molar-refractivity contribution is 6.33. The molecule has 0 aliphatic carbocycles. The number of halogens is 1. The second kappa shape index (κ2) is 3.59. The van der Waals surface area contributed by atoms with Crippen LogP contribution in [0.25, 0.3) is 0 Å². The molecular weight excluding hydrogens is 172 g/mol. The third-order valence-corrected chi connectivity index (χ3v) is 1.91. The lowest BCUT2D eigenvalue weighted by Gasteiger charge is -2.14. The molecule has 0 radical (unpaired) electrons. The van der Waals surface area contributed by atoms with Crippen LogP contribution in [0, 0.1) is 5.41 Å². The molecule has 1 rings (SSSR count). The van der Waals surface area contributed by atoms with Crippen molar-refractivity contribution in [2.75, 3.05) is 14.1 Å². The minimum absolute atomic E-state index is 0.431. The molecule has 1 aromatic rings. The van der Waals surface area contributed by atoms with Crippen LogP contribution < -0.4 is 0 Å². The van der Waals surface area contributed by atoms with Crippen molar-refractivity contribution < 1.29 is 0 Å². The van der Waals surface area contributed by atoms with E-state index in [-0.39, 0.29) is 0 Å². The maximum Gasteiger partial charge on any atom is 0.129 e. The van der Waals surface area contributed by atoms with Gasteiger partial charge in [0, 0.05) is 19.7 Å². The van der Waals surface area contributed by atoms with Gasteiger partial charge in [-0.1, -0.05) is 23.7 Å². The van der Waals surface area contributed by atoms with Crippen molar-refractivity contribution in [3.8, 4) is 0 Å². The van der Waals surface area contributed by atoms with Gasteiger partial charge in [0.2, 0.25) is 0 Å². The Bertz CT molecular complexity index is 294. The molecule has 3 heteroatoms. The number of rotatable bonds is 1. The van der Waals surface area contributed by atoms with Crippen LogP contribution in [0.5, 0.6) is 0 Å². The van der Waals surface area contributed by atoms with Gasteiger partial charge in [0.15, 0.2) is 0 Å². The van der Waals surface area contributed by atoms with Gasteiger partial charge < -0.3 is 4.90 Å². The van der Waals surface area contributed by atoms with Gasteiger partial charge in [0.1, 0.15) is 5.84 Å². The third kappa shape index (κ3) is 1.77. The first kappa shape index (κ1) is 9.07. The molecule has 0 saturated carbocycles. The Morgan fingerprint density at radius 2 is 1.92 bits per heavy atom. The predicted octanol–water partition coefficient (Wildman–Crippen LogP) is 2.23. The first-order valence-electron chi connectivity index (χ1n) is 3.63.